The molecule has 1 aromatic rings. The molecular formula is C18H27N3O2. The van der Waals surface area contributed by atoms with E-state index in [1.54, 1.807) is 0 Å². The van der Waals surface area contributed by atoms with Crippen LogP contribution in [-0.2, 0) is 9.59 Å². The second-order valence-electron chi connectivity index (χ2n) is 6.19. The Labute approximate surface area is 138 Å². The molecule has 0 spiro atoms. The second kappa shape index (κ2) is 8.67. The third kappa shape index (κ3) is 5.36. The van der Waals surface area contributed by atoms with Gasteiger partial charge in [-0.25, -0.2) is 0 Å². The van der Waals surface area contributed by atoms with Gasteiger partial charge in [-0.05, 0) is 32.4 Å². The largest absolute Gasteiger partial charge is 0.355 e. The lowest BCUT2D eigenvalue weighted by Gasteiger charge is -2.24. The van der Waals surface area contributed by atoms with E-state index in [1.807, 2.05) is 35.0 Å². The van der Waals surface area contributed by atoms with Crippen LogP contribution >= 0.6 is 0 Å². The molecule has 0 radical (unpaired) electrons. The molecule has 1 fully saturated rings. The SMILES string of the molecule is C[C@H](c1ccccc1)N(C)CC(=O)NCCCN1CCCC1=O. The summed E-state index contributed by atoms with van der Waals surface area (Å²) in [6.45, 7) is 4.70. The number of amides is 2. The van der Waals surface area contributed by atoms with Gasteiger partial charge in [0.25, 0.3) is 0 Å². The zero-order valence-corrected chi connectivity index (χ0v) is 14.1. The summed E-state index contributed by atoms with van der Waals surface area (Å²) < 4.78 is 0. The van der Waals surface area contributed by atoms with Gasteiger partial charge in [0.1, 0.15) is 0 Å². The first-order valence-corrected chi connectivity index (χ1v) is 8.37. The molecule has 5 nitrogen and oxygen atoms in total. The zero-order chi connectivity index (χ0) is 16.7. The van der Waals surface area contributed by atoms with Crippen molar-refractivity contribution in [1.82, 2.24) is 15.1 Å². The Hall–Kier alpha value is -1.88. The average molecular weight is 317 g/mol. The van der Waals surface area contributed by atoms with E-state index in [1.165, 1.54) is 5.56 Å². The van der Waals surface area contributed by atoms with Crippen molar-refractivity contribution in [2.45, 2.75) is 32.2 Å². The maximum Gasteiger partial charge on any atom is 0.234 e. The van der Waals surface area contributed by atoms with Crippen LogP contribution in [0.5, 0.6) is 0 Å². The molecule has 1 aliphatic heterocycles. The molecule has 23 heavy (non-hydrogen) atoms. The predicted molar refractivity (Wildman–Crippen MR) is 90.9 cm³/mol. The highest BCUT2D eigenvalue weighted by Crippen LogP contribution is 2.17. The van der Waals surface area contributed by atoms with Gasteiger partial charge in [0.2, 0.25) is 11.8 Å². The van der Waals surface area contributed by atoms with Gasteiger partial charge < -0.3 is 10.2 Å². The number of nitrogens with one attached hydrogen (secondary N) is 1. The molecule has 1 saturated heterocycles. The third-order valence-corrected chi connectivity index (χ3v) is 4.43. The molecule has 1 N–H and O–H groups in total. The van der Waals surface area contributed by atoms with E-state index in [2.05, 4.69) is 24.4 Å². The van der Waals surface area contributed by atoms with Gasteiger partial charge in [0, 0.05) is 32.1 Å². The fourth-order valence-electron chi connectivity index (χ4n) is 2.84. The number of hydrogen-bond donors (Lipinski definition) is 1. The highest BCUT2D eigenvalue weighted by molar-refractivity contribution is 5.78. The van der Waals surface area contributed by atoms with Crippen molar-refractivity contribution in [3.8, 4) is 0 Å². The quantitative estimate of drug-likeness (QED) is 0.744. The highest BCUT2D eigenvalue weighted by atomic mass is 16.2. The maximum atomic E-state index is 12.0. The summed E-state index contributed by atoms with van der Waals surface area (Å²) in [5.74, 6) is 0.274. The van der Waals surface area contributed by atoms with Crippen LogP contribution < -0.4 is 5.32 Å². The molecule has 0 bridgehead atoms. The van der Waals surface area contributed by atoms with Crippen molar-refractivity contribution in [2.75, 3.05) is 33.2 Å². The van der Waals surface area contributed by atoms with Crippen LogP contribution in [0.3, 0.4) is 0 Å². The summed E-state index contributed by atoms with van der Waals surface area (Å²) >= 11 is 0. The van der Waals surface area contributed by atoms with Crippen molar-refractivity contribution in [3.63, 3.8) is 0 Å². The normalized spacial score (nSPS) is 16.0. The summed E-state index contributed by atoms with van der Waals surface area (Å²) in [5, 5.41) is 2.94. The fraction of sp³-hybridized carbons (Fsp3) is 0.556. The zero-order valence-electron chi connectivity index (χ0n) is 14.1. The third-order valence-electron chi connectivity index (χ3n) is 4.43. The number of rotatable bonds is 8. The van der Waals surface area contributed by atoms with Crippen LogP contribution in [-0.4, -0.2) is 54.8 Å². The minimum Gasteiger partial charge on any atom is -0.355 e. The molecule has 1 heterocycles. The fourth-order valence-corrected chi connectivity index (χ4v) is 2.84. The molecule has 0 aromatic heterocycles. The second-order valence-corrected chi connectivity index (χ2v) is 6.19. The van der Waals surface area contributed by atoms with Crippen LogP contribution in [0.1, 0.15) is 37.8 Å². The van der Waals surface area contributed by atoms with Crippen LogP contribution in [0.2, 0.25) is 0 Å². The van der Waals surface area contributed by atoms with Crippen LogP contribution in [0.15, 0.2) is 30.3 Å². The summed E-state index contributed by atoms with van der Waals surface area (Å²) in [4.78, 5) is 27.4. The average Bonchev–Trinajstić information content (AvgIpc) is 2.96. The molecule has 1 atom stereocenters. The lowest BCUT2D eigenvalue weighted by molar-refractivity contribution is -0.127. The molecule has 0 unspecified atom stereocenters. The van der Waals surface area contributed by atoms with Crippen molar-refractivity contribution in [3.05, 3.63) is 35.9 Å². The molecule has 2 rings (SSSR count). The number of carbonyl (C=O) groups excluding carboxylic acids is 2. The van der Waals surface area contributed by atoms with E-state index < -0.39 is 0 Å². The Morgan fingerprint density at radius 3 is 2.74 bits per heavy atom. The van der Waals surface area contributed by atoms with Gasteiger partial charge in [0.15, 0.2) is 0 Å². The van der Waals surface area contributed by atoms with Crippen molar-refractivity contribution < 1.29 is 9.59 Å². The summed E-state index contributed by atoms with van der Waals surface area (Å²) in [5.41, 5.74) is 1.20. The van der Waals surface area contributed by atoms with Crippen molar-refractivity contribution in [2.24, 2.45) is 0 Å². The summed E-state index contributed by atoms with van der Waals surface area (Å²) in [6, 6.07) is 10.4. The topological polar surface area (TPSA) is 52.7 Å². The molecule has 0 saturated carbocycles. The molecular weight excluding hydrogens is 290 g/mol. The molecule has 2 amide bonds. The number of likely N-dealkylation sites (N-methyl/N-ethyl adjacent to an activating group) is 1. The van der Waals surface area contributed by atoms with E-state index in [0.717, 1.165) is 25.9 Å². The highest BCUT2D eigenvalue weighted by Gasteiger charge is 2.19. The monoisotopic (exact) mass is 317 g/mol. The first kappa shape index (κ1) is 17.5. The molecule has 1 aromatic carbocycles. The Balaban J connectivity index is 1.65. The summed E-state index contributed by atoms with van der Waals surface area (Å²) in [6.07, 6.45) is 2.46. The first-order valence-electron chi connectivity index (χ1n) is 8.37. The minimum atomic E-state index is 0.0306. The number of likely N-dealkylation sites (tertiary alicyclic amines) is 1. The number of benzene rings is 1. The smallest absolute Gasteiger partial charge is 0.234 e. The standard InChI is InChI=1S/C18H27N3O2/c1-15(16-8-4-3-5-9-16)20(2)14-17(22)19-11-7-13-21-12-6-10-18(21)23/h3-5,8-9,15H,6-7,10-14H2,1-2H3,(H,19,22)/t15-/m1/s1. The van der Waals surface area contributed by atoms with Gasteiger partial charge in [-0.15, -0.1) is 0 Å². The van der Waals surface area contributed by atoms with Gasteiger partial charge >= 0.3 is 0 Å². The van der Waals surface area contributed by atoms with Gasteiger partial charge in [0.05, 0.1) is 6.54 Å². The van der Waals surface area contributed by atoms with E-state index in [9.17, 15) is 9.59 Å². The van der Waals surface area contributed by atoms with E-state index in [0.29, 0.717) is 19.5 Å². The lowest BCUT2D eigenvalue weighted by atomic mass is 10.1. The number of hydrogen-bond acceptors (Lipinski definition) is 3. The number of nitrogens with zero attached hydrogens (tertiary/aromatic N) is 2. The van der Waals surface area contributed by atoms with E-state index in [-0.39, 0.29) is 17.9 Å². The molecule has 126 valence electrons. The summed E-state index contributed by atoms with van der Waals surface area (Å²) in [7, 11) is 1.96. The predicted octanol–water partition coefficient (Wildman–Crippen LogP) is 1.81. The maximum absolute atomic E-state index is 12.0. The number of carbonyl (C=O) groups is 2. The van der Waals surface area contributed by atoms with Gasteiger partial charge in [-0.2, -0.15) is 0 Å². The van der Waals surface area contributed by atoms with Crippen LogP contribution in [0, 0.1) is 0 Å². The Morgan fingerprint density at radius 2 is 2.09 bits per heavy atom. The van der Waals surface area contributed by atoms with E-state index in [4.69, 9.17) is 0 Å². The lowest BCUT2D eigenvalue weighted by Crippen LogP contribution is -2.37. The minimum absolute atomic E-state index is 0.0306. The molecule has 0 aliphatic carbocycles. The Kier molecular flexibility index (Phi) is 6.59. The van der Waals surface area contributed by atoms with Crippen molar-refractivity contribution >= 4 is 11.8 Å². The van der Waals surface area contributed by atoms with Gasteiger partial charge in [-0.3, -0.25) is 14.5 Å². The Morgan fingerprint density at radius 1 is 1.35 bits per heavy atom. The van der Waals surface area contributed by atoms with Crippen molar-refractivity contribution in [1.29, 1.82) is 0 Å². The van der Waals surface area contributed by atoms with Gasteiger partial charge in [-0.1, -0.05) is 30.3 Å². The molecule has 5 heteroatoms. The Bertz CT molecular complexity index is 518. The van der Waals surface area contributed by atoms with E-state index >= 15 is 0 Å². The first-order chi connectivity index (χ1) is 11.1. The van der Waals surface area contributed by atoms with Crippen LogP contribution in [0.25, 0.3) is 0 Å². The molecule has 1 aliphatic rings. The van der Waals surface area contributed by atoms with Crippen LogP contribution in [0.4, 0.5) is 0 Å².